The van der Waals surface area contributed by atoms with Crippen molar-refractivity contribution in [3.63, 3.8) is 0 Å². The van der Waals surface area contributed by atoms with Crippen LogP contribution in [-0.2, 0) is 4.79 Å². The maximum absolute atomic E-state index is 12.2. The van der Waals surface area contributed by atoms with E-state index in [1.807, 2.05) is 32.1 Å². The van der Waals surface area contributed by atoms with Crippen LogP contribution >= 0.6 is 0 Å². The average molecular weight is 374 g/mol. The second kappa shape index (κ2) is 14.5. The number of benzene rings is 1. The Balaban J connectivity index is 0.00000326. The normalized spacial score (nSPS) is 15.4. The van der Waals surface area contributed by atoms with Crippen LogP contribution in [0.3, 0.4) is 0 Å². The monoisotopic (exact) mass is 373 g/mol. The summed E-state index contributed by atoms with van der Waals surface area (Å²) < 4.78 is 0. The molecular formula is C25H43NO. The summed E-state index contributed by atoms with van der Waals surface area (Å²) in [5.74, 6) is 2.11. The molecule has 1 aromatic carbocycles. The maximum atomic E-state index is 12.2. The van der Waals surface area contributed by atoms with E-state index in [2.05, 4.69) is 59.0 Å². The van der Waals surface area contributed by atoms with Gasteiger partial charge in [0.05, 0.1) is 0 Å². The van der Waals surface area contributed by atoms with Crippen molar-refractivity contribution in [2.45, 2.75) is 87.1 Å². The molecule has 154 valence electrons. The number of hydrogen-bond donors (Lipinski definition) is 1. The summed E-state index contributed by atoms with van der Waals surface area (Å²) in [6, 6.07) is 8.44. The molecule has 0 aliphatic carbocycles. The van der Waals surface area contributed by atoms with Gasteiger partial charge in [-0.15, -0.1) is 0 Å². The van der Waals surface area contributed by atoms with Crippen LogP contribution in [0.4, 0.5) is 0 Å². The zero-order chi connectivity index (χ0) is 20.8. The molecule has 1 N–H and O–H groups in total. The zero-order valence-electron chi connectivity index (χ0n) is 19.0. The summed E-state index contributed by atoms with van der Waals surface area (Å²) in [5.41, 5.74) is 2.27. The summed E-state index contributed by atoms with van der Waals surface area (Å²) in [7, 11) is 0. The van der Waals surface area contributed by atoms with Crippen molar-refractivity contribution in [1.29, 1.82) is 0 Å². The lowest BCUT2D eigenvalue weighted by atomic mass is 9.83. The fraction of sp³-hybridized carbons (Fsp3) is 0.640. The molecule has 1 rings (SSSR count). The van der Waals surface area contributed by atoms with Crippen molar-refractivity contribution in [2.75, 3.05) is 0 Å². The van der Waals surface area contributed by atoms with E-state index in [9.17, 15) is 4.79 Å². The van der Waals surface area contributed by atoms with Crippen molar-refractivity contribution in [3.05, 3.63) is 41.5 Å². The number of nitrogens with one attached hydrogen (secondary N) is 1. The first-order valence-corrected chi connectivity index (χ1v) is 10.9. The summed E-state index contributed by atoms with van der Waals surface area (Å²) in [4.78, 5) is 12.2. The van der Waals surface area contributed by atoms with Crippen LogP contribution in [0.2, 0.25) is 0 Å². The molecule has 1 amide bonds. The van der Waals surface area contributed by atoms with Crippen LogP contribution in [0.25, 0.3) is 6.08 Å². The van der Waals surface area contributed by atoms with Gasteiger partial charge in [-0.1, -0.05) is 84.7 Å². The third-order valence-corrected chi connectivity index (χ3v) is 5.41. The van der Waals surface area contributed by atoms with Gasteiger partial charge >= 0.3 is 0 Å². The Bertz CT molecular complexity index is 549. The highest BCUT2D eigenvalue weighted by atomic mass is 16.1. The van der Waals surface area contributed by atoms with Crippen LogP contribution in [0.1, 0.15) is 85.3 Å². The van der Waals surface area contributed by atoms with Crippen molar-refractivity contribution in [3.8, 4) is 0 Å². The minimum atomic E-state index is 0.00938. The molecule has 2 unspecified atom stereocenters. The largest absolute Gasteiger partial charge is 0.350 e. The zero-order valence-corrected chi connectivity index (χ0v) is 19.0. The van der Waals surface area contributed by atoms with Gasteiger partial charge in [0.2, 0.25) is 5.91 Å². The van der Waals surface area contributed by atoms with E-state index in [0.717, 1.165) is 24.3 Å². The Hall–Kier alpha value is -1.57. The van der Waals surface area contributed by atoms with Crippen LogP contribution in [0, 0.1) is 24.7 Å². The molecule has 4 atom stereocenters. The third-order valence-electron chi connectivity index (χ3n) is 5.41. The van der Waals surface area contributed by atoms with Gasteiger partial charge in [0.1, 0.15) is 0 Å². The van der Waals surface area contributed by atoms with Gasteiger partial charge in [0.15, 0.2) is 0 Å². The number of rotatable bonds is 10. The van der Waals surface area contributed by atoms with Gasteiger partial charge in [0, 0.05) is 12.1 Å². The summed E-state index contributed by atoms with van der Waals surface area (Å²) in [6.07, 6.45) is 8.10. The number of hydrogen-bond acceptors (Lipinski definition) is 1. The summed E-state index contributed by atoms with van der Waals surface area (Å²) >= 11 is 0. The molecule has 0 spiro atoms. The predicted octanol–water partition coefficient (Wildman–Crippen LogP) is 7.03. The number of carbonyl (C=O) groups excluding carboxylic acids is 1. The molecule has 0 fully saturated rings. The quantitative estimate of drug-likeness (QED) is 0.438. The lowest BCUT2D eigenvalue weighted by Gasteiger charge is -2.26. The summed E-state index contributed by atoms with van der Waals surface area (Å²) in [6.45, 7) is 17.5. The lowest BCUT2D eigenvalue weighted by Crippen LogP contribution is -2.35. The highest BCUT2D eigenvalue weighted by molar-refractivity contribution is 5.91. The van der Waals surface area contributed by atoms with E-state index >= 15 is 0 Å². The Morgan fingerprint density at radius 2 is 1.67 bits per heavy atom. The maximum Gasteiger partial charge on any atom is 0.244 e. The fourth-order valence-corrected chi connectivity index (χ4v) is 3.24. The topological polar surface area (TPSA) is 29.1 Å². The lowest BCUT2D eigenvalue weighted by molar-refractivity contribution is -0.117. The van der Waals surface area contributed by atoms with E-state index < -0.39 is 0 Å². The Labute approximate surface area is 168 Å². The van der Waals surface area contributed by atoms with Gasteiger partial charge in [0.25, 0.3) is 0 Å². The van der Waals surface area contributed by atoms with Crippen LogP contribution in [-0.4, -0.2) is 11.9 Å². The molecule has 0 bridgehead atoms. The summed E-state index contributed by atoms with van der Waals surface area (Å²) in [5, 5.41) is 3.18. The predicted molar refractivity (Wildman–Crippen MR) is 121 cm³/mol. The Kier molecular flexibility index (Phi) is 13.6. The molecule has 0 saturated heterocycles. The standard InChI is InChI=1S/C23H37NO.C2H6/c1-7-17(3)14-19(5)20(6)16-22(8-2)24-23(25)13-12-21-11-9-10-18(4)15-21;1-2/h9-13,15,17,19-20,22H,7-8,14,16H2,1-6H3,(H,24,25);1-2H3/b13-12-;/t17?,19?,20-,22-;/m0./s1. The fourth-order valence-electron chi connectivity index (χ4n) is 3.24. The molecule has 0 heterocycles. The van der Waals surface area contributed by atoms with Crippen molar-refractivity contribution in [1.82, 2.24) is 5.32 Å². The SMILES string of the molecule is CC.CCC(C)CC(C)[C@@H](C)C[C@H](CC)NC(=O)/C=C\c1cccc(C)c1. The van der Waals surface area contributed by atoms with Gasteiger partial charge < -0.3 is 5.32 Å². The van der Waals surface area contributed by atoms with Gasteiger partial charge in [-0.2, -0.15) is 0 Å². The molecule has 0 aliphatic heterocycles. The first kappa shape index (κ1) is 25.4. The molecule has 0 aliphatic rings. The molecule has 27 heavy (non-hydrogen) atoms. The van der Waals surface area contributed by atoms with Crippen LogP contribution in [0.15, 0.2) is 30.3 Å². The van der Waals surface area contributed by atoms with Crippen LogP contribution in [0.5, 0.6) is 0 Å². The minimum absolute atomic E-state index is 0.00938. The van der Waals surface area contributed by atoms with E-state index in [4.69, 9.17) is 0 Å². The Morgan fingerprint density at radius 1 is 1.04 bits per heavy atom. The van der Waals surface area contributed by atoms with E-state index in [-0.39, 0.29) is 11.9 Å². The minimum Gasteiger partial charge on any atom is -0.350 e. The van der Waals surface area contributed by atoms with Gasteiger partial charge in [-0.05, 0) is 55.6 Å². The molecule has 1 aromatic rings. The first-order valence-electron chi connectivity index (χ1n) is 10.9. The second-order valence-electron chi connectivity index (χ2n) is 7.80. The highest BCUT2D eigenvalue weighted by Crippen LogP contribution is 2.25. The molecule has 2 heteroatoms. The van der Waals surface area contributed by atoms with E-state index in [1.165, 1.54) is 18.4 Å². The van der Waals surface area contributed by atoms with Crippen molar-refractivity contribution >= 4 is 12.0 Å². The second-order valence-corrected chi connectivity index (χ2v) is 7.80. The van der Waals surface area contributed by atoms with E-state index in [1.54, 1.807) is 6.08 Å². The molecular weight excluding hydrogens is 330 g/mol. The number of carbonyl (C=O) groups is 1. The third kappa shape index (κ3) is 11.0. The van der Waals surface area contributed by atoms with Gasteiger partial charge in [-0.3, -0.25) is 4.79 Å². The smallest absolute Gasteiger partial charge is 0.244 e. The van der Waals surface area contributed by atoms with Crippen molar-refractivity contribution in [2.24, 2.45) is 17.8 Å². The van der Waals surface area contributed by atoms with Crippen LogP contribution < -0.4 is 5.32 Å². The first-order chi connectivity index (χ1) is 12.8. The molecule has 0 aromatic heterocycles. The van der Waals surface area contributed by atoms with E-state index in [0.29, 0.717) is 11.8 Å². The molecule has 0 radical (unpaired) electrons. The van der Waals surface area contributed by atoms with Gasteiger partial charge in [-0.25, -0.2) is 0 Å². The number of amides is 1. The molecule has 2 nitrogen and oxygen atoms in total. The number of aryl methyl sites for hydroxylation is 1. The Morgan fingerprint density at radius 3 is 2.22 bits per heavy atom. The highest BCUT2D eigenvalue weighted by Gasteiger charge is 2.19. The average Bonchev–Trinajstić information content (AvgIpc) is 2.67. The molecule has 0 saturated carbocycles. The van der Waals surface area contributed by atoms with Crippen molar-refractivity contribution < 1.29 is 4.79 Å².